The normalized spacial score (nSPS) is 17.3. The van der Waals surface area contributed by atoms with Crippen LogP contribution in [-0.4, -0.2) is 35.4 Å². The largest absolute Gasteiger partial charge is 0.493 e. The predicted octanol–water partition coefficient (Wildman–Crippen LogP) is 3.75. The minimum atomic E-state index is -1.07. The molecule has 150 valence electrons. The van der Waals surface area contributed by atoms with Gasteiger partial charge in [0.2, 0.25) is 0 Å². The van der Waals surface area contributed by atoms with Crippen LogP contribution in [0.5, 0.6) is 11.5 Å². The lowest BCUT2D eigenvalue weighted by molar-refractivity contribution is -0.144. The Morgan fingerprint density at radius 3 is 2.72 bits per heavy atom. The number of ether oxygens (including phenoxy) is 2. The van der Waals surface area contributed by atoms with E-state index in [1.807, 2.05) is 31.2 Å². The number of benzene rings is 2. The maximum Gasteiger partial charge on any atom is 0.344 e. The number of methoxy groups -OCH3 is 1. The molecule has 0 aliphatic carbocycles. The average Bonchev–Trinajstić information content (AvgIpc) is 3.01. The fourth-order valence-electron chi connectivity index (χ4n) is 2.56. The fourth-order valence-corrected chi connectivity index (χ4v) is 3.40. The zero-order valence-electron chi connectivity index (χ0n) is 16.1. The lowest BCUT2D eigenvalue weighted by Gasteiger charge is -2.14. The number of thioether (sulfide) groups is 1. The molecule has 0 radical (unpaired) electrons. The molecule has 0 aromatic heterocycles. The van der Waals surface area contributed by atoms with E-state index in [1.165, 1.54) is 25.8 Å². The molecule has 1 unspecified atom stereocenters. The molecule has 2 aromatic rings. The van der Waals surface area contributed by atoms with Gasteiger partial charge in [-0.2, -0.15) is 0 Å². The van der Waals surface area contributed by atoms with Gasteiger partial charge < -0.3 is 19.9 Å². The third-order valence-electron chi connectivity index (χ3n) is 4.02. The molecule has 0 saturated carbocycles. The predicted molar refractivity (Wildman–Crippen MR) is 113 cm³/mol. The SMILES string of the molecule is COc1cc(/C=C2/SC(=Nc3cccc(C)c3)NC2=O)ccc1OC(C)C(=O)O. The first-order valence-electron chi connectivity index (χ1n) is 8.79. The van der Waals surface area contributed by atoms with Crippen LogP contribution < -0.4 is 14.8 Å². The number of nitrogens with zero attached hydrogens (tertiary/aromatic N) is 1. The zero-order valence-corrected chi connectivity index (χ0v) is 16.9. The van der Waals surface area contributed by atoms with E-state index in [0.717, 1.165) is 11.3 Å². The van der Waals surface area contributed by atoms with Gasteiger partial charge in [-0.05, 0) is 67.1 Å². The van der Waals surface area contributed by atoms with Crippen LogP contribution in [0.2, 0.25) is 0 Å². The highest BCUT2D eigenvalue weighted by Crippen LogP contribution is 2.32. The molecule has 1 atom stereocenters. The van der Waals surface area contributed by atoms with E-state index in [0.29, 0.717) is 27.1 Å². The molecule has 8 heteroatoms. The van der Waals surface area contributed by atoms with Crippen LogP contribution in [0.25, 0.3) is 6.08 Å². The summed E-state index contributed by atoms with van der Waals surface area (Å²) in [5.74, 6) is -0.614. The van der Waals surface area contributed by atoms with Gasteiger partial charge in [-0.15, -0.1) is 0 Å². The van der Waals surface area contributed by atoms with Crippen molar-refractivity contribution in [2.45, 2.75) is 20.0 Å². The third kappa shape index (κ3) is 5.17. The number of carboxylic acid groups (broad SMARTS) is 1. The quantitative estimate of drug-likeness (QED) is 0.702. The molecule has 1 amide bonds. The number of hydrogen-bond donors (Lipinski definition) is 2. The molecule has 2 N–H and O–H groups in total. The van der Waals surface area contributed by atoms with Crippen molar-refractivity contribution in [3.63, 3.8) is 0 Å². The van der Waals surface area contributed by atoms with Crippen LogP contribution in [-0.2, 0) is 9.59 Å². The van der Waals surface area contributed by atoms with Gasteiger partial charge in [0.25, 0.3) is 5.91 Å². The minimum absolute atomic E-state index is 0.236. The van der Waals surface area contributed by atoms with Crippen molar-refractivity contribution in [2.24, 2.45) is 4.99 Å². The highest BCUT2D eigenvalue weighted by atomic mass is 32.2. The number of carbonyl (C=O) groups is 2. The van der Waals surface area contributed by atoms with Crippen molar-refractivity contribution in [1.29, 1.82) is 0 Å². The molecule has 7 nitrogen and oxygen atoms in total. The van der Waals surface area contributed by atoms with Crippen LogP contribution in [0.4, 0.5) is 5.69 Å². The Kier molecular flexibility index (Phi) is 6.23. The molecule has 0 spiro atoms. The minimum Gasteiger partial charge on any atom is -0.493 e. The van der Waals surface area contributed by atoms with Crippen molar-refractivity contribution in [1.82, 2.24) is 5.32 Å². The summed E-state index contributed by atoms with van der Waals surface area (Å²) >= 11 is 1.25. The number of hydrogen-bond acceptors (Lipinski definition) is 6. The number of aryl methyl sites for hydroxylation is 1. The number of nitrogens with one attached hydrogen (secondary N) is 1. The van der Waals surface area contributed by atoms with E-state index in [9.17, 15) is 9.59 Å². The Morgan fingerprint density at radius 1 is 1.24 bits per heavy atom. The van der Waals surface area contributed by atoms with Crippen LogP contribution in [0, 0.1) is 6.92 Å². The molecule has 1 aliphatic heterocycles. The van der Waals surface area contributed by atoms with Gasteiger partial charge >= 0.3 is 5.97 Å². The molecular formula is C21H20N2O5S. The Labute approximate surface area is 172 Å². The van der Waals surface area contributed by atoms with Crippen LogP contribution in [0.1, 0.15) is 18.1 Å². The van der Waals surface area contributed by atoms with E-state index < -0.39 is 12.1 Å². The molecule has 0 bridgehead atoms. The van der Waals surface area contributed by atoms with E-state index >= 15 is 0 Å². The second kappa shape index (κ2) is 8.83. The van der Waals surface area contributed by atoms with E-state index in [1.54, 1.807) is 24.3 Å². The van der Waals surface area contributed by atoms with E-state index in [-0.39, 0.29) is 5.91 Å². The van der Waals surface area contributed by atoms with E-state index in [2.05, 4.69) is 10.3 Å². The second-order valence-electron chi connectivity index (χ2n) is 6.33. The van der Waals surface area contributed by atoms with Crippen molar-refractivity contribution in [3.05, 3.63) is 58.5 Å². The van der Waals surface area contributed by atoms with Crippen LogP contribution in [0.3, 0.4) is 0 Å². The smallest absolute Gasteiger partial charge is 0.344 e. The topological polar surface area (TPSA) is 97.2 Å². The summed E-state index contributed by atoms with van der Waals surface area (Å²) in [6.45, 7) is 3.42. The first kappa shape index (κ1) is 20.5. The summed E-state index contributed by atoms with van der Waals surface area (Å²) in [6.07, 6.45) is 0.704. The van der Waals surface area contributed by atoms with Crippen molar-refractivity contribution in [3.8, 4) is 11.5 Å². The van der Waals surface area contributed by atoms with Crippen LogP contribution >= 0.6 is 11.8 Å². The van der Waals surface area contributed by atoms with Crippen LogP contribution in [0.15, 0.2) is 52.4 Å². The van der Waals surface area contributed by atoms with Crippen molar-refractivity contribution in [2.75, 3.05) is 7.11 Å². The Hall–Kier alpha value is -3.26. The maximum absolute atomic E-state index is 12.3. The molecule has 1 fully saturated rings. The van der Waals surface area contributed by atoms with Crippen molar-refractivity contribution >= 4 is 40.6 Å². The van der Waals surface area contributed by atoms with Gasteiger partial charge in [-0.1, -0.05) is 18.2 Å². The second-order valence-corrected chi connectivity index (χ2v) is 7.36. The number of carbonyl (C=O) groups excluding carboxylic acids is 1. The van der Waals surface area contributed by atoms with Crippen molar-refractivity contribution < 1.29 is 24.2 Å². The summed E-state index contributed by atoms with van der Waals surface area (Å²) in [7, 11) is 1.47. The van der Waals surface area contributed by atoms with E-state index in [4.69, 9.17) is 14.6 Å². The van der Waals surface area contributed by atoms with Gasteiger partial charge in [-0.25, -0.2) is 9.79 Å². The lowest BCUT2D eigenvalue weighted by atomic mass is 10.2. The van der Waals surface area contributed by atoms with Gasteiger partial charge in [0.15, 0.2) is 22.8 Å². The highest BCUT2D eigenvalue weighted by Gasteiger charge is 2.24. The zero-order chi connectivity index (χ0) is 21.0. The molecule has 29 heavy (non-hydrogen) atoms. The monoisotopic (exact) mass is 412 g/mol. The summed E-state index contributed by atoms with van der Waals surface area (Å²) < 4.78 is 10.7. The number of carboxylic acids is 1. The molecule has 1 aliphatic rings. The number of amidine groups is 1. The molecular weight excluding hydrogens is 392 g/mol. The summed E-state index contributed by atoms with van der Waals surface area (Å²) in [5, 5.41) is 12.3. The summed E-state index contributed by atoms with van der Waals surface area (Å²) in [6, 6.07) is 12.7. The average molecular weight is 412 g/mol. The molecule has 2 aromatic carbocycles. The fraction of sp³-hybridized carbons (Fsp3) is 0.190. The first-order chi connectivity index (χ1) is 13.9. The lowest BCUT2D eigenvalue weighted by Crippen LogP contribution is -2.23. The highest BCUT2D eigenvalue weighted by molar-refractivity contribution is 8.18. The van der Waals surface area contributed by atoms with Gasteiger partial charge in [-0.3, -0.25) is 4.79 Å². The Morgan fingerprint density at radius 2 is 2.03 bits per heavy atom. The van der Waals surface area contributed by atoms with Gasteiger partial charge in [0, 0.05) is 0 Å². The number of aliphatic carboxylic acids is 1. The Bertz CT molecular complexity index is 1020. The molecule has 1 heterocycles. The maximum atomic E-state index is 12.3. The number of rotatable bonds is 6. The number of aliphatic imine (C=N–C) groups is 1. The molecule has 3 rings (SSSR count). The Balaban J connectivity index is 1.80. The standard InChI is InChI=1S/C21H20N2O5S/c1-12-5-4-6-15(9-12)22-21-23-19(24)18(29-21)11-14-7-8-16(17(10-14)27-3)28-13(2)20(25)26/h4-11,13H,1-3H3,(H,25,26)(H,22,23,24)/b18-11+. The number of amides is 1. The third-order valence-corrected chi connectivity index (χ3v) is 4.93. The summed E-state index contributed by atoms with van der Waals surface area (Å²) in [5.41, 5.74) is 2.57. The summed E-state index contributed by atoms with van der Waals surface area (Å²) in [4.78, 5) is 28.2. The first-order valence-corrected chi connectivity index (χ1v) is 9.61. The van der Waals surface area contributed by atoms with Gasteiger partial charge in [0.1, 0.15) is 0 Å². The van der Waals surface area contributed by atoms with Gasteiger partial charge in [0.05, 0.1) is 17.7 Å². The molecule has 1 saturated heterocycles.